The lowest BCUT2D eigenvalue weighted by atomic mass is 10.2. The molecule has 0 aliphatic carbocycles. The second kappa shape index (κ2) is 6.05. The molecule has 1 amide bonds. The lowest BCUT2D eigenvalue weighted by Crippen LogP contribution is -2.30. The Kier molecular flexibility index (Phi) is 4.70. The highest BCUT2D eigenvalue weighted by Crippen LogP contribution is 2.07. The molecule has 0 saturated carbocycles. The zero-order valence-electron chi connectivity index (χ0n) is 9.53. The van der Waals surface area contributed by atoms with E-state index in [0.717, 1.165) is 6.42 Å². The maximum atomic E-state index is 13.2. The Morgan fingerprint density at radius 3 is 2.81 bits per heavy atom. The first-order chi connectivity index (χ1) is 7.63. The summed E-state index contributed by atoms with van der Waals surface area (Å²) in [5.74, 6) is -0.521. The third-order valence-corrected chi connectivity index (χ3v) is 2.32. The van der Waals surface area contributed by atoms with Gasteiger partial charge in [0.1, 0.15) is 5.82 Å². The molecular weight excluding hydrogens is 205 g/mol. The van der Waals surface area contributed by atoms with Gasteiger partial charge in [0.25, 0.3) is 0 Å². The van der Waals surface area contributed by atoms with Gasteiger partial charge in [0.2, 0.25) is 5.91 Å². The number of amides is 1. The Morgan fingerprint density at radius 2 is 2.19 bits per heavy atom. The second-order valence-electron chi connectivity index (χ2n) is 3.67. The third-order valence-electron chi connectivity index (χ3n) is 2.32. The molecule has 0 aliphatic heterocycles. The summed E-state index contributed by atoms with van der Waals surface area (Å²) in [7, 11) is 0. The van der Waals surface area contributed by atoms with E-state index in [2.05, 4.69) is 5.32 Å². The van der Waals surface area contributed by atoms with E-state index in [1.165, 1.54) is 18.2 Å². The first kappa shape index (κ1) is 12.4. The van der Waals surface area contributed by atoms with Crippen LogP contribution in [0.15, 0.2) is 30.3 Å². The minimum atomic E-state index is -0.324. The van der Waals surface area contributed by atoms with E-state index in [1.54, 1.807) is 18.2 Å². The summed E-state index contributed by atoms with van der Waals surface area (Å²) in [5.41, 5.74) is 0.418. The molecule has 0 aromatic heterocycles. The molecule has 0 bridgehead atoms. The van der Waals surface area contributed by atoms with Gasteiger partial charge in [0, 0.05) is 17.7 Å². The van der Waals surface area contributed by atoms with Gasteiger partial charge in [-0.15, -0.1) is 0 Å². The van der Waals surface area contributed by atoms with E-state index in [4.69, 9.17) is 0 Å². The van der Waals surface area contributed by atoms with Crippen molar-refractivity contribution >= 4 is 12.0 Å². The fourth-order valence-electron chi connectivity index (χ4n) is 1.17. The molecule has 3 heteroatoms. The van der Waals surface area contributed by atoms with Gasteiger partial charge in [0.15, 0.2) is 0 Å². The highest BCUT2D eigenvalue weighted by Gasteiger charge is 2.01. The zero-order valence-corrected chi connectivity index (χ0v) is 9.53. The van der Waals surface area contributed by atoms with Crippen LogP contribution in [-0.4, -0.2) is 11.9 Å². The van der Waals surface area contributed by atoms with Crippen LogP contribution in [0.3, 0.4) is 0 Å². The summed E-state index contributed by atoms with van der Waals surface area (Å²) in [6.07, 6.45) is 3.71. The average Bonchev–Trinajstić information content (AvgIpc) is 2.28. The molecule has 1 rings (SSSR count). The van der Waals surface area contributed by atoms with Crippen molar-refractivity contribution < 1.29 is 9.18 Å². The lowest BCUT2D eigenvalue weighted by molar-refractivity contribution is -0.117. The van der Waals surface area contributed by atoms with Crippen LogP contribution >= 0.6 is 0 Å². The van der Waals surface area contributed by atoms with Crippen LogP contribution in [0.2, 0.25) is 0 Å². The van der Waals surface area contributed by atoms with Crippen molar-refractivity contribution in [2.45, 2.75) is 26.3 Å². The Bertz CT molecular complexity index is 387. The minimum Gasteiger partial charge on any atom is -0.350 e. The molecule has 1 aromatic rings. The summed E-state index contributed by atoms with van der Waals surface area (Å²) in [4.78, 5) is 11.4. The van der Waals surface area contributed by atoms with Crippen molar-refractivity contribution in [3.8, 4) is 0 Å². The molecule has 0 saturated heterocycles. The topological polar surface area (TPSA) is 29.1 Å². The van der Waals surface area contributed by atoms with Gasteiger partial charge >= 0.3 is 0 Å². The van der Waals surface area contributed by atoms with E-state index in [9.17, 15) is 9.18 Å². The maximum absolute atomic E-state index is 13.2. The Hall–Kier alpha value is -1.64. The van der Waals surface area contributed by atoms with Crippen molar-refractivity contribution in [1.82, 2.24) is 5.32 Å². The predicted molar refractivity (Wildman–Crippen MR) is 63.3 cm³/mol. The number of carbonyl (C=O) groups is 1. The van der Waals surface area contributed by atoms with Crippen LogP contribution in [0.25, 0.3) is 6.08 Å². The van der Waals surface area contributed by atoms with E-state index in [0.29, 0.717) is 5.56 Å². The van der Waals surface area contributed by atoms with Crippen LogP contribution < -0.4 is 5.32 Å². The molecule has 0 heterocycles. The number of benzene rings is 1. The number of hydrogen-bond donors (Lipinski definition) is 1. The average molecular weight is 221 g/mol. The Labute approximate surface area is 95.2 Å². The zero-order chi connectivity index (χ0) is 12.0. The van der Waals surface area contributed by atoms with Gasteiger partial charge in [0.05, 0.1) is 0 Å². The highest BCUT2D eigenvalue weighted by atomic mass is 19.1. The van der Waals surface area contributed by atoms with Crippen LogP contribution in [0.5, 0.6) is 0 Å². The number of hydrogen-bond acceptors (Lipinski definition) is 1. The second-order valence-corrected chi connectivity index (χ2v) is 3.67. The van der Waals surface area contributed by atoms with Gasteiger partial charge in [-0.3, -0.25) is 4.79 Å². The van der Waals surface area contributed by atoms with E-state index in [1.807, 2.05) is 13.8 Å². The number of halogens is 1. The van der Waals surface area contributed by atoms with Crippen molar-refractivity contribution in [3.63, 3.8) is 0 Å². The first-order valence-corrected chi connectivity index (χ1v) is 5.36. The first-order valence-electron chi connectivity index (χ1n) is 5.36. The fraction of sp³-hybridized carbons (Fsp3) is 0.308. The molecule has 16 heavy (non-hydrogen) atoms. The molecule has 0 unspecified atom stereocenters. The largest absolute Gasteiger partial charge is 0.350 e. The summed E-state index contributed by atoms with van der Waals surface area (Å²) >= 11 is 0. The van der Waals surface area contributed by atoms with Gasteiger partial charge in [-0.2, -0.15) is 0 Å². The normalized spacial score (nSPS) is 12.7. The van der Waals surface area contributed by atoms with Crippen LogP contribution in [0, 0.1) is 5.82 Å². The minimum absolute atomic E-state index is 0.137. The summed E-state index contributed by atoms with van der Waals surface area (Å²) < 4.78 is 13.2. The summed E-state index contributed by atoms with van der Waals surface area (Å²) in [6.45, 7) is 3.92. The summed E-state index contributed by atoms with van der Waals surface area (Å²) in [6, 6.07) is 6.48. The van der Waals surface area contributed by atoms with Gasteiger partial charge in [-0.1, -0.05) is 25.1 Å². The van der Waals surface area contributed by atoms with Crippen LogP contribution in [-0.2, 0) is 4.79 Å². The molecular formula is C13H16FNO. The quantitative estimate of drug-likeness (QED) is 0.778. The van der Waals surface area contributed by atoms with E-state index >= 15 is 0 Å². The monoisotopic (exact) mass is 221 g/mol. The maximum Gasteiger partial charge on any atom is 0.244 e. The van der Waals surface area contributed by atoms with E-state index in [-0.39, 0.29) is 17.8 Å². The SMILES string of the molecule is CC[C@@H](C)NC(=O)/C=C\c1ccccc1F. The molecule has 0 aliphatic rings. The van der Waals surface area contributed by atoms with Gasteiger partial charge < -0.3 is 5.32 Å². The standard InChI is InChI=1S/C13H16FNO/c1-3-10(2)15-13(16)9-8-11-6-4-5-7-12(11)14/h4-10H,3H2,1-2H3,(H,15,16)/b9-8-/t10-/m1/s1. The van der Waals surface area contributed by atoms with Crippen LogP contribution in [0.4, 0.5) is 4.39 Å². The Balaban J connectivity index is 2.60. The molecule has 1 N–H and O–H groups in total. The molecule has 0 spiro atoms. The van der Waals surface area contributed by atoms with Crippen molar-refractivity contribution in [2.24, 2.45) is 0 Å². The smallest absolute Gasteiger partial charge is 0.244 e. The molecule has 2 nitrogen and oxygen atoms in total. The molecule has 0 radical (unpaired) electrons. The number of carbonyl (C=O) groups excluding carboxylic acids is 1. The predicted octanol–water partition coefficient (Wildman–Crippen LogP) is 2.75. The van der Waals surface area contributed by atoms with Gasteiger partial charge in [-0.25, -0.2) is 4.39 Å². The molecule has 1 atom stereocenters. The molecule has 1 aromatic carbocycles. The van der Waals surface area contributed by atoms with Gasteiger partial charge in [-0.05, 0) is 25.5 Å². The van der Waals surface area contributed by atoms with Crippen molar-refractivity contribution in [2.75, 3.05) is 0 Å². The fourth-order valence-corrected chi connectivity index (χ4v) is 1.17. The molecule has 0 fully saturated rings. The van der Waals surface area contributed by atoms with Crippen LogP contribution in [0.1, 0.15) is 25.8 Å². The van der Waals surface area contributed by atoms with E-state index < -0.39 is 0 Å². The summed E-state index contributed by atoms with van der Waals surface area (Å²) in [5, 5.41) is 2.77. The highest BCUT2D eigenvalue weighted by molar-refractivity contribution is 5.91. The van der Waals surface area contributed by atoms with Crippen molar-refractivity contribution in [1.29, 1.82) is 0 Å². The molecule has 86 valence electrons. The van der Waals surface area contributed by atoms with Crippen molar-refractivity contribution in [3.05, 3.63) is 41.7 Å². The Morgan fingerprint density at radius 1 is 1.50 bits per heavy atom. The number of rotatable bonds is 4. The lowest BCUT2D eigenvalue weighted by Gasteiger charge is -2.08. The third kappa shape index (κ3) is 3.85. The number of nitrogens with one attached hydrogen (secondary N) is 1.